The molecule has 0 saturated carbocycles. The Bertz CT molecular complexity index is 601. The number of methoxy groups -OCH3 is 1. The zero-order valence-corrected chi connectivity index (χ0v) is 12.0. The first kappa shape index (κ1) is 14.9. The maximum Gasteiger partial charge on any atom is 0.322 e. The molecule has 1 aromatic carbocycles. The van der Waals surface area contributed by atoms with Crippen molar-refractivity contribution < 1.29 is 9.13 Å². The summed E-state index contributed by atoms with van der Waals surface area (Å²) in [5, 5.41) is 0. The molecule has 3 N–H and O–H groups in total. The van der Waals surface area contributed by atoms with Crippen molar-refractivity contribution in [2.24, 2.45) is 5.84 Å². The van der Waals surface area contributed by atoms with Gasteiger partial charge in [0.05, 0.1) is 13.2 Å². The Morgan fingerprint density at radius 1 is 1.29 bits per heavy atom. The molecule has 112 valence electrons. The largest absolute Gasteiger partial charge is 0.467 e. The molecule has 21 heavy (non-hydrogen) atoms. The average molecular weight is 292 g/mol. The molecule has 0 aliphatic carbocycles. The number of rotatable bonds is 5. The number of hydrogen-bond donors (Lipinski definition) is 2. The number of nitrogens with two attached hydrogens (primary N) is 1. The van der Waals surface area contributed by atoms with Gasteiger partial charge in [0.2, 0.25) is 11.9 Å². The Morgan fingerprint density at radius 3 is 2.62 bits per heavy atom. The number of aromatic nitrogens is 3. The van der Waals surface area contributed by atoms with Gasteiger partial charge in [0.15, 0.2) is 0 Å². The fourth-order valence-corrected chi connectivity index (χ4v) is 1.86. The number of anilines is 2. The van der Waals surface area contributed by atoms with E-state index in [1.807, 2.05) is 6.92 Å². The first-order valence-corrected chi connectivity index (χ1v) is 6.30. The lowest BCUT2D eigenvalue weighted by molar-refractivity contribution is 0.378. The molecular weight excluding hydrogens is 275 g/mol. The number of benzene rings is 1. The lowest BCUT2D eigenvalue weighted by Crippen LogP contribution is -2.25. The van der Waals surface area contributed by atoms with Crippen LogP contribution in [-0.4, -0.2) is 29.1 Å². The summed E-state index contributed by atoms with van der Waals surface area (Å²) in [6.07, 6.45) is 0. The monoisotopic (exact) mass is 292 g/mol. The number of hydrazine groups is 1. The summed E-state index contributed by atoms with van der Waals surface area (Å²) >= 11 is 0. The van der Waals surface area contributed by atoms with E-state index in [2.05, 4.69) is 20.4 Å². The molecule has 0 amide bonds. The Hall–Kier alpha value is -2.48. The molecule has 1 heterocycles. The number of halogens is 1. The van der Waals surface area contributed by atoms with Crippen LogP contribution in [0.5, 0.6) is 6.01 Å². The second-order valence-corrected chi connectivity index (χ2v) is 4.40. The van der Waals surface area contributed by atoms with Crippen LogP contribution in [0.4, 0.5) is 16.3 Å². The van der Waals surface area contributed by atoms with E-state index >= 15 is 0 Å². The van der Waals surface area contributed by atoms with E-state index in [4.69, 9.17) is 10.6 Å². The Balaban J connectivity index is 2.35. The molecule has 0 spiro atoms. The maximum absolute atomic E-state index is 13.9. The van der Waals surface area contributed by atoms with Crippen LogP contribution < -0.4 is 20.9 Å². The molecule has 0 radical (unpaired) electrons. The third-order valence-corrected chi connectivity index (χ3v) is 3.17. The third kappa shape index (κ3) is 3.16. The van der Waals surface area contributed by atoms with E-state index in [1.54, 1.807) is 30.1 Å². The van der Waals surface area contributed by atoms with Gasteiger partial charge in [0.1, 0.15) is 5.82 Å². The number of nitrogens with zero attached hydrogens (tertiary/aromatic N) is 4. The van der Waals surface area contributed by atoms with Crippen LogP contribution in [0, 0.1) is 5.82 Å². The molecule has 0 aliphatic heterocycles. The Kier molecular flexibility index (Phi) is 4.49. The van der Waals surface area contributed by atoms with Crippen LogP contribution in [0.1, 0.15) is 18.5 Å². The van der Waals surface area contributed by atoms with Crippen molar-refractivity contribution in [1.29, 1.82) is 0 Å². The van der Waals surface area contributed by atoms with Crippen molar-refractivity contribution in [2.45, 2.75) is 13.0 Å². The van der Waals surface area contributed by atoms with Crippen LogP contribution in [0.2, 0.25) is 0 Å². The minimum Gasteiger partial charge on any atom is -0.467 e. The van der Waals surface area contributed by atoms with Gasteiger partial charge >= 0.3 is 6.01 Å². The van der Waals surface area contributed by atoms with Gasteiger partial charge in [-0.2, -0.15) is 15.0 Å². The summed E-state index contributed by atoms with van der Waals surface area (Å²) in [5.74, 6) is 5.53. The van der Waals surface area contributed by atoms with Crippen LogP contribution in [-0.2, 0) is 0 Å². The van der Waals surface area contributed by atoms with Crippen molar-refractivity contribution in [3.05, 3.63) is 35.6 Å². The van der Waals surface area contributed by atoms with Crippen LogP contribution in [0.3, 0.4) is 0 Å². The Labute approximate surface area is 122 Å². The van der Waals surface area contributed by atoms with Crippen LogP contribution >= 0.6 is 0 Å². The van der Waals surface area contributed by atoms with Crippen molar-refractivity contribution in [3.8, 4) is 6.01 Å². The highest BCUT2D eigenvalue weighted by Crippen LogP contribution is 2.25. The quantitative estimate of drug-likeness (QED) is 0.637. The lowest BCUT2D eigenvalue weighted by atomic mass is 10.1. The minimum absolute atomic E-state index is 0.125. The van der Waals surface area contributed by atoms with E-state index in [-0.39, 0.29) is 23.8 Å². The molecular formula is C13H17FN6O. The first-order chi connectivity index (χ1) is 10.1. The fraction of sp³-hybridized carbons (Fsp3) is 0.308. The SMILES string of the molecule is COc1nc(NN)nc(N(C)C(C)c2ccccc2F)n1. The summed E-state index contributed by atoms with van der Waals surface area (Å²) in [7, 11) is 3.20. The molecule has 1 unspecified atom stereocenters. The van der Waals surface area contributed by atoms with Gasteiger partial charge in [-0.1, -0.05) is 18.2 Å². The van der Waals surface area contributed by atoms with Gasteiger partial charge in [-0.25, -0.2) is 10.2 Å². The summed E-state index contributed by atoms with van der Waals surface area (Å²) in [4.78, 5) is 13.9. The predicted octanol–water partition coefficient (Wildman–Crippen LogP) is 1.50. The standard InChI is InChI=1S/C13H17FN6O/c1-8(9-6-4-5-7-10(9)14)20(2)12-16-11(19-15)17-13(18-12)21-3/h4-8H,15H2,1-3H3,(H,16,17,18,19). The topological polar surface area (TPSA) is 89.2 Å². The molecule has 8 heteroatoms. The smallest absolute Gasteiger partial charge is 0.322 e. The van der Waals surface area contributed by atoms with E-state index in [0.29, 0.717) is 11.5 Å². The fourth-order valence-electron chi connectivity index (χ4n) is 1.86. The lowest BCUT2D eigenvalue weighted by Gasteiger charge is -2.25. The van der Waals surface area contributed by atoms with E-state index in [9.17, 15) is 4.39 Å². The average Bonchev–Trinajstić information content (AvgIpc) is 2.53. The normalized spacial score (nSPS) is 11.9. The molecule has 1 aromatic heterocycles. The summed E-state index contributed by atoms with van der Waals surface area (Å²) in [5.41, 5.74) is 2.89. The summed E-state index contributed by atoms with van der Waals surface area (Å²) < 4.78 is 18.9. The molecule has 7 nitrogen and oxygen atoms in total. The molecule has 0 bridgehead atoms. The van der Waals surface area contributed by atoms with Crippen LogP contribution in [0.25, 0.3) is 0 Å². The molecule has 0 saturated heterocycles. The molecule has 2 aromatic rings. The van der Waals surface area contributed by atoms with Crippen molar-refractivity contribution in [3.63, 3.8) is 0 Å². The van der Waals surface area contributed by atoms with Gasteiger partial charge in [-0.3, -0.25) is 5.43 Å². The zero-order valence-electron chi connectivity index (χ0n) is 12.0. The predicted molar refractivity (Wildman–Crippen MR) is 77.4 cm³/mol. The van der Waals surface area contributed by atoms with E-state index in [0.717, 1.165) is 0 Å². The van der Waals surface area contributed by atoms with Crippen molar-refractivity contribution in [2.75, 3.05) is 24.5 Å². The molecule has 0 aliphatic rings. The zero-order chi connectivity index (χ0) is 15.4. The summed E-state index contributed by atoms with van der Waals surface area (Å²) in [6, 6.07) is 6.42. The maximum atomic E-state index is 13.9. The number of nitrogens with one attached hydrogen (secondary N) is 1. The van der Waals surface area contributed by atoms with Gasteiger partial charge in [0.25, 0.3) is 0 Å². The van der Waals surface area contributed by atoms with Gasteiger partial charge < -0.3 is 9.64 Å². The van der Waals surface area contributed by atoms with E-state index < -0.39 is 0 Å². The van der Waals surface area contributed by atoms with E-state index in [1.165, 1.54) is 13.2 Å². The Morgan fingerprint density at radius 2 is 2.00 bits per heavy atom. The second-order valence-electron chi connectivity index (χ2n) is 4.40. The summed E-state index contributed by atoms with van der Waals surface area (Å²) in [6.45, 7) is 1.85. The van der Waals surface area contributed by atoms with Gasteiger partial charge in [-0.15, -0.1) is 0 Å². The molecule has 0 fully saturated rings. The molecule has 2 rings (SSSR count). The molecule has 1 atom stereocenters. The highest BCUT2D eigenvalue weighted by atomic mass is 19.1. The third-order valence-electron chi connectivity index (χ3n) is 3.17. The van der Waals surface area contributed by atoms with Gasteiger partial charge in [0, 0.05) is 12.6 Å². The van der Waals surface area contributed by atoms with Crippen LogP contribution in [0.15, 0.2) is 24.3 Å². The minimum atomic E-state index is -0.282. The number of nitrogen functional groups attached to an aromatic ring is 1. The first-order valence-electron chi connectivity index (χ1n) is 6.30. The van der Waals surface area contributed by atoms with Gasteiger partial charge in [-0.05, 0) is 13.0 Å². The van der Waals surface area contributed by atoms with Crippen molar-refractivity contribution in [1.82, 2.24) is 15.0 Å². The number of hydrogen-bond acceptors (Lipinski definition) is 7. The van der Waals surface area contributed by atoms with Crippen molar-refractivity contribution >= 4 is 11.9 Å². The second kappa shape index (κ2) is 6.31. The highest BCUT2D eigenvalue weighted by molar-refractivity contribution is 5.40. The number of ether oxygens (including phenoxy) is 1. The highest BCUT2D eigenvalue weighted by Gasteiger charge is 2.19.